The zero-order valence-corrected chi connectivity index (χ0v) is 26.5. The molecule has 10 nitrogen and oxygen atoms in total. The lowest BCUT2D eigenvalue weighted by Crippen LogP contribution is -2.38. The van der Waals surface area contributed by atoms with E-state index in [-0.39, 0.29) is 44.5 Å². The fourth-order valence-electron chi connectivity index (χ4n) is 4.49. The molecule has 2 amide bonds. The third-order valence-electron chi connectivity index (χ3n) is 7.13. The van der Waals surface area contributed by atoms with Crippen molar-refractivity contribution in [3.63, 3.8) is 0 Å². The van der Waals surface area contributed by atoms with E-state index in [0.717, 1.165) is 21.8 Å². The van der Waals surface area contributed by atoms with E-state index in [2.05, 4.69) is 5.32 Å². The highest BCUT2D eigenvalue weighted by molar-refractivity contribution is 5.83. The van der Waals surface area contributed by atoms with Gasteiger partial charge in [-0.25, -0.2) is 9.86 Å². The van der Waals surface area contributed by atoms with Crippen molar-refractivity contribution >= 4 is 23.9 Å². The highest BCUT2D eigenvalue weighted by Gasteiger charge is 2.25. The summed E-state index contributed by atoms with van der Waals surface area (Å²) in [5, 5.41) is 13.1. The van der Waals surface area contributed by atoms with Crippen molar-refractivity contribution in [2.24, 2.45) is 0 Å². The quantitative estimate of drug-likeness (QED) is 0.125. The molecule has 0 bridgehead atoms. The van der Waals surface area contributed by atoms with Gasteiger partial charge in [-0.2, -0.15) is 0 Å². The zero-order valence-electron chi connectivity index (χ0n) is 26.5. The average Bonchev–Trinajstić information content (AvgIpc) is 3.11. The topological polar surface area (TPSA) is 131 Å². The summed E-state index contributed by atoms with van der Waals surface area (Å²) in [6, 6.07) is 36.9. The van der Waals surface area contributed by atoms with Crippen molar-refractivity contribution < 1.29 is 38.6 Å². The molecule has 0 aliphatic rings. The van der Waals surface area contributed by atoms with Crippen LogP contribution in [-0.2, 0) is 41.9 Å². The van der Waals surface area contributed by atoms with E-state index >= 15 is 0 Å². The molecule has 0 heterocycles. The van der Waals surface area contributed by atoms with Crippen molar-refractivity contribution in [1.29, 1.82) is 0 Å². The normalized spacial score (nSPS) is 11.5. The summed E-state index contributed by atoms with van der Waals surface area (Å²) >= 11 is 0. The number of carbonyl (C=O) groups excluding carboxylic acids is 3. The molecule has 2 N–H and O–H groups in total. The molecular formula is C37H40N2O8. The Balaban J connectivity index is 0.000000257. The Morgan fingerprint density at radius 1 is 0.681 bits per heavy atom. The number of ether oxygens (including phenoxy) is 2. The van der Waals surface area contributed by atoms with Gasteiger partial charge in [0, 0.05) is 20.0 Å². The summed E-state index contributed by atoms with van der Waals surface area (Å²) in [5.74, 6) is -2.81. The van der Waals surface area contributed by atoms with Crippen LogP contribution in [0.2, 0.25) is 0 Å². The number of hydroxylamine groups is 2. The van der Waals surface area contributed by atoms with E-state index in [1.54, 1.807) is 24.3 Å². The van der Waals surface area contributed by atoms with Crippen LogP contribution in [0.15, 0.2) is 121 Å². The average molecular weight is 641 g/mol. The maximum atomic E-state index is 12.5. The van der Waals surface area contributed by atoms with E-state index in [1.807, 2.05) is 97.1 Å². The second-order valence-electron chi connectivity index (χ2n) is 10.4. The van der Waals surface area contributed by atoms with Crippen molar-refractivity contribution in [3.8, 4) is 0 Å². The first kappa shape index (κ1) is 36.0. The Morgan fingerprint density at radius 3 is 1.60 bits per heavy atom. The van der Waals surface area contributed by atoms with Crippen LogP contribution < -0.4 is 5.32 Å². The number of amides is 2. The van der Waals surface area contributed by atoms with Crippen LogP contribution in [0.4, 0.5) is 4.79 Å². The number of aliphatic carboxylic acids is 1. The number of likely N-dealkylation sites (N-methyl/N-ethyl adjacent to an activating group) is 1. The molecule has 4 aromatic carbocycles. The number of rotatable bonds is 14. The Labute approximate surface area is 274 Å². The molecule has 10 heteroatoms. The third kappa shape index (κ3) is 12.8. The zero-order chi connectivity index (χ0) is 33.9. The highest BCUT2D eigenvalue weighted by atomic mass is 16.7. The maximum absolute atomic E-state index is 12.5. The van der Waals surface area contributed by atoms with E-state index < -0.39 is 23.9 Å². The number of hydrogen-bond acceptors (Lipinski definition) is 7. The van der Waals surface area contributed by atoms with Crippen molar-refractivity contribution in [2.45, 2.75) is 37.9 Å². The van der Waals surface area contributed by atoms with Gasteiger partial charge in [-0.1, -0.05) is 121 Å². The standard InChI is InChI=1S/C19H22N2O4.C18H18O4/c1-21(24-2)18(22)17(16-11-7-4-8-12-16)13-20-19(23)25-14-15-9-5-3-6-10-15;19-17(22-13-14-7-3-1-4-8-14)12-11-16(18(20)21)15-9-5-2-6-10-15/h3-12,17H,13-14H2,1-2H3,(H,20,23);1-10,16H,11-13H2,(H,20,21). The van der Waals surface area contributed by atoms with Crippen LogP contribution in [-0.4, -0.2) is 54.8 Å². The number of carboxylic acid groups (broad SMARTS) is 1. The fraction of sp³-hybridized carbons (Fsp3) is 0.243. The molecule has 0 spiro atoms. The van der Waals surface area contributed by atoms with Crippen LogP contribution in [0.5, 0.6) is 0 Å². The first-order chi connectivity index (χ1) is 22.8. The van der Waals surface area contributed by atoms with Crippen LogP contribution in [0.3, 0.4) is 0 Å². The second kappa shape index (κ2) is 19.8. The first-order valence-electron chi connectivity index (χ1n) is 15.1. The molecule has 2 atom stereocenters. The minimum atomic E-state index is -0.929. The number of carboxylic acids is 1. The predicted molar refractivity (Wildman–Crippen MR) is 176 cm³/mol. The van der Waals surface area contributed by atoms with Crippen molar-refractivity contribution in [3.05, 3.63) is 144 Å². The minimum Gasteiger partial charge on any atom is -0.481 e. The summed E-state index contributed by atoms with van der Waals surface area (Å²) in [5.41, 5.74) is 3.30. The number of carbonyl (C=O) groups is 4. The lowest BCUT2D eigenvalue weighted by atomic mass is 9.94. The van der Waals surface area contributed by atoms with E-state index in [1.165, 1.54) is 14.2 Å². The number of benzene rings is 4. The lowest BCUT2D eigenvalue weighted by molar-refractivity contribution is -0.170. The number of hydrogen-bond donors (Lipinski definition) is 2. The van der Waals surface area contributed by atoms with Crippen LogP contribution >= 0.6 is 0 Å². The number of esters is 1. The monoisotopic (exact) mass is 640 g/mol. The van der Waals surface area contributed by atoms with Crippen LogP contribution in [0.1, 0.15) is 46.9 Å². The second-order valence-corrected chi connectivity index (χ2v) is 10.4. The van der Waals surface area contributed by atoms with Gasteiger partial charge in [-0.3, -0.25) is 19.2 Å². The largest absolute Gasteiger partial charge is 0.481 e. The third-order valence-corrected chi connectivity index (χ3v) is 7.13. The molecular weight excluding hydrogens is 600 g/mol. The molecule has 0 fully saturated rings. The summed E-state index contributed by atoms with van der Waals surface area (Å²) in [6.45, 7) is 0.502. The smallest absolute Gasteiger partial charge is 0.407 e. The van der Waals surface area contributed by atoms with Gasteiger partial charge in [-0.15, -0.1) is 0 Å². The SMILES string of the molecule is CON(C)C(=O)C(CNC(=O)OCc1ccccc1)c1ccccc1.O=C(CCC(C(=O)O)c1ccccc1)OCc1ccccc1. The van der Waals surface area contributed by atoms with Gasteiger partial charge in [0.25, 0.3) is 5.91 Å². The summed E-state index contributed by atoms with van der Waals surface area (Å²) in [7, 11) is 2.95. The Kier molecular flexibility index (Phi) is 15.2. The van der Waals surface area contributed by atoms with Gasteiger partial charge < -0.3 is 19.9 Å². The first-order valence-corrected chi connectivity index (χ1v) is 15.1. The predicted octanol–water partition coefficient (Wildman–Crippen LogP) is 6.09. The molecule has 246 valence electrons. The summed E-state index contributed by atoms with van der Waals surface area (Å²) < 4.78 is 10.3. The molecule has 0 radical (unpaired) electrons. The Bertz CT molecular complexity index is 1520. The van der Waals surface area contributed by atoms with Gasteiger partial charge in [-0.05, 0) is 28.7 Å². The molecule has 0 aliphatic heterocycles. The maximum Gasteiger partial charge on any atom is 0.407 e. The molecule has 4 aromatic rings. The molecule has 0 aromatic heterocycles. The van der Waals surface area contributed by atoms with E-state index in [0.29, 0.717) is 5.56 Å². The lowest BCUT2D eigenvalue weighted by Gasteiger charge is -2.22. The summed E-state index contributed by atoms with van der Waals surface area (Å²) in [6.07, 6.45) is -0.260. The molecule has 47 heavy (non-hydrogen) atoms. The van der Waals surface area contributed by atoms with Gasteiger partial charge in [0.1, 0.15) is 13.2 Å². The van der Waals surface area contributed by atoms with Crippen LogP contribution in [0, 0.1) is 0 Å². The molecule has 4 rings (SSSR count). The van der Waals surface area contributed by atoms with Crippen molar-refractivity contribution in [2.75, 3.05) is 20.7 Å². The van der Waals surface area contributed by atoms with Gasteiger partial charge in [0.15, 0.2) is 0 Å². The summed E-state index contributed by atoms with van der Waals surface area (Å²) in [4.78, 5) is 52.5. The molecule has 0 saturated heterocycles. The van der Waals surface area contributed by atoms with E-state index in [9.17, 15) is 24.3 Å². The highest BCUT2D eigenvalue weighted by Crippen LogP contribution is 2.22. The van der Waals surface area contributed by atoms with Crippen LogP contribution in [0.25, 0.3) is 0 Å². The van der Waals surface area contributed by atoms with Gasteiger partial charge in [0.2, 0.25) is 0 Å². The fourth-order valence-corrected chi connectivity index (χ4v) is 4.49. The molecule has 0 aliphatic carbocycles. The Morgan fingerprint density at radius 2 is 1.13 bits per heavy atom. The minimum absolute atomic E-state index is 0.0820. The number of nitrogens with zero attached hydrogens (tertiary/aromatic N) is 1. The number of alkyl carbamates (subject to hydrolysis) is 1. The van der Waals surface area contributed by atoms with E-state index in [4.69, 9.17) is 14.3 Å². The Hall–Kier alpha value is -5.48. The van der Waals surface area contributed by atoms with Crippen molar-refractivity contribution in [1.82, 2.24) is 10.4 Å². The molecule has 2 unspecified atom stereocenters. The van der Waals surface area contributed by atoms with Gasteiger partial charge >= 0.3 is 18.0 Å². The van der Waals surface area contributed by atoms with Gasteiger partial charge in [0.05, 0.1) is 18.9 Å². The number of nitrogens with one attached hydrogen (secondary N) is 1. The molecule has 0 saturated carbocycles.